The second kappa shape index (κ2) is 49.9. The van der Waals surface area contributed by atoms with Crippen molar-refractivity contribution in [2.45, 2.75) is 212 Å². The van der Waals surface area contributed by atoms with Crippen LogP contribution in [0.1, 0.15) is 200 Å². The molecule has 0 fully saturated rings. The van der Waals surface area contributed by atoms with Gasteiger partial charge in [-0.05, 0) is 89.9 Å². The predicted octanol–water partition coefficient (Wildman–Crippen LogP) is 16.0. The predicted molar refractivity (Wildman–Crippen MR) is 297 cm³/mol. The third-order valence-corrected chi connectivity index (χ3v) is 12.4. The highest BCUT2D eigenvalue weighted by Crippen LogP contribution is 2.38. The molecule has 0 aliphatic rings. The normalized spacial score (nSPS) is 14.9. The van der Waals surface area contributed by atoms with Gasteiger partial charge in [0.25, 0.3) is 7.82 Å². The fourth-order valence-electron chi connectivity index (χ4n) is 7.18. The third-order valence-electron chi connectivity index (χ3n) is 11.5. The molecule has 0 aromatic rings. The smallest absolute Gasteiger partial charge is 0.268 e. The van der Waals surface area contributed by atoms with Crippen LogP contribution in [0.3, 0.4) is 0 Å². The molecule has 3 unspecified atom stereocenters. The van der Waals surface area contributed by atoms with E-state index in [9.17, 15) is 19.4 Å². The largest absolute Gasteiger partial charge is 0.756 e. The Bertz CT molecular complexity index is 1530. The van der Waals surface area contributed by atoms with Crippen molar-refractivity contribution in [2.75, 3.05) is 40.9 Å². The minimum Gasteiger partial charge on any atom is -0.756 e. The molecule has 0 aromatic carbocycles. The number of phosphoric ester groups is 1. The molecule has 0 radical (unpaired) electrons. The summed E-state index contributed by atoms with van der Waals surface area (Å²) >= 11 is 0. The molecule has 8 nitrogen and oxygen atoms in total. The van der Waals surface area contributed by atoms with Crippen LogP contribution in [0.15, 0.2) is 122 Å². The Hall–Kier alpha value is -3.10. The second-order valence-corrected chi connectivity index (χ2v) is 20.6. The molecule has 3 atom stereocenters. The van der Waals surface area contributed by atoms with Crippen LogP contribution >= 0.6 is 7.82 Å². The van der Waals surface area contributed by atoms with Gasteiger partial charge in [-0.25, -0.2) is 0 Å². The van der Waals surface area contributed by atoms with Crippen molar-refractivity contribution in [3.05, 3.63) is 122 Å². The lowest BCUT2D eigenvalue weighted by molar-refractivity contribution is -0.870. The zero-order chi connectivity index (χ0) is 50.6. The summed E-state index contributed by atoms with van der Waals surface area (Å²) in [6.45, 7) is 4.54. The van der Waals surface area contributed by atoms with Crippen molar-refractivity contribution in [2.24, 2.45) is 0 Å². The standard InChI is InChI=1S/C60H103N2O6P/c1-6-8-10-12-14-16-17-18-19-20-21-22-23-24-25-26-27-28-29-30-31-32-33-34-35-36-37-38-39-40-41-42-43-44-45-46-48-50-52-54-60(64)61-58(57-68-69(65,66)67-56-55-62(3,4)5)59(63)53-51-49-47-15-13-11-9-7-2/h8,10,14,16,18-19,21-22,24-25,27-28,30-31,33-34,36-37,39-40,58-59,63H,6-7,9,11-13,15,17,20,23,26,29,32,35,38,41-57H2,1-5H3,(H-,61,64,65,66)/b10-8-,16-14-,19-18-,22-21-,25-24-,28-27-,31-30-,34-33-,37-36-,40-39-. The molecule has 0 aromatic heterocycles. The van der Waals surface area contributed by atoms with Crippen LogP contribution in [0.25, 0.3) is 0 Å². The number of likely N-dealkylation sites (N-methyl/N-ethyl adjacent to an activating group) is 1. The van der Waals surface area contributed by atoms with E-state index in [1.165, 1.54) is 57.8 Å². The molecule has 0 bridgehead atoms. The molecule has 394 valence electrons. The summed E-state index contributed by atoms with van der Waals surface area (Å²) < 4.78 is 23.2. The maximum absolute atomic E-state index is 12.9. The van der Waals surface area contributed by atoms with Crippen LogP contribution in [-0.4, -0.2) is 68.5 Å². The van der Waals surface area contributed by atoms with Crippen LogP contribution in [-0.2, 0) is 18.4 Å². The van der Waals surface area contributed by atoms with Gasteiger partial charge in [0.1, 0.15) is 13.2 Å². The van der Waals surface area contributed by atoms with Crippen molar-refractivity contribution >= 4 is 13.7 Å². The molecule has 0 aliphatic carbocycles. The van der Waals surface area contributed by atoms with E-state index in [0.29, 0.717) is 23.9 Å². The molecule has 0 spiro atoms. The van der Waals surface area contributed by atoms with E-state index < -0.39 is 20.0 Å². The minimum atomic E-state index is -4.57. The summed E-state index contributed by atoms with van der Waals surface area (Å²) in [5.74, 6) is -0.182. The molecule has 1 amide bonds. The number of unbranched alkanes of at least 4 members (excludes halogenated alkanes) is 15. The average Bonchev–Trinajstić information content (AvgIpc) is 3.31. The molecule has 0 heterocycles. The molecule has 0 aliphatic heterocycles. The molecule has 9 heteroatoms. The lowest BCUT2D eigenvalue weighted by Crippen LogP contribution is -2.46. The van der Waals surface area contributed by atoms with Crippen LogP contribution in [0, 0.1) is 0 Å². The van der Waals surface area contributed by atoms with Gasteiger partial charge in [-0.3, -0.25) is 9.36 Å². The summed E-state index contributed by atoms with van der Waals surface area (Å²) in [4.78, 5) is 25.3. The van der Waals surface area contributed by atoms with E-state index in [1.54, 1.807) is 0 Å². The molecular weight excluding hydrogens is 876 g/mol. The molecule has 69 heavy (non-hydrogen) atoms. The van der Waals surface area contributed by atoms with Crippen molar-refractivity contribution in [3.8, 4) is 0 Å². The number of quaternary nitrogens is 1. The van der Waals surface area contributed by atoms with Crippen molar-refractivity contribution in [1.29, 1.82) is 0 Å². The van der Waals surface area contributed by atoms with Gasteiger partial charge in [0, 0.05) is 6.42 Å². The Morgan fingerprint density at radius 2 is 0.884 bits per heavy atom. The highest BCUT2D eigenvalue weighted by molar-refractivity contribution is 7.45. The lowest BCUT2D eigenvalue weighted by atomic mass is 10.0. The zero-order valence-electron chi connectivity index (χ0n) is 44.7. The van der Waals surface area contributed by atoms with E-state index in [2.05, 4.69) is 141 Å². The van der Waals surface area contributed by atoms with E-state index >= 15 is 0 Å². The molecular formula is C60H103N2O6P. The van der Waals surface area contributed by atoms with Gasteiger partial charge in [0.2, 0.25) is 5.91 Å². The maximum Gasteiger partial charge on any atom is 0.268 e. The summed E-state index contributed by atoms with van der Waals surface area (Å²) in [6.07, 6.45) is 73.9. The molecule has 0 saturated carbocycles. The summed E-state index contributed by atoms with van der Waals surface area (Å²) in [5.41, 5.74) is 0. The first kappa shape index (κ1) is 65.9. The fraction of sp³-hybridized carbons (Fsp3) is 0.650. The maximum atomic E-state index is 12.9. The zero-order valence-corrected chi connectivity index (χ0v) is 45.6. The topological polar surface area (TPSA) is 108 Å². The van der Waals surface area contributed by atoms with Gasteiger partial charge in [-0.2, -0.15) is 0 Å². The molecule has 0 saturated heterocycles. The number of rotatable bonds is 48. The third kappa shape index (κ3) is 52.6. The van der Waals surface area contributed by atoms with E-state index in [0.717, 1.165) is 116 Å². The average molecular weight is 979 g/mol. The van der Waals surface area contributed by atoms with Gasteiger partial charge in [-0.1, -0.05) is 225 Å². The van der Waals surface area contributed by atoms with Crippen LogP contribution < -0.4 is 10.2 Å². The van der Waals surface area contributed by atoms with Crippen molar-refractivity contribution < 1.29 is 32.9 Å². The number of phosphoric acid groups is 1. The Morgan fingerprint density at radius 3 is 1.29 bits per heavy atom. The van der Waals surface area contributed by atoms with Gasteiger partial charge in [0.15, 0.2) is 0 Å². The fourth-order valence-corrected chi connectivity index (χ4v) is 7.91. The molecule has 2 N–H and O–H groups in total. The van der Waals surface area contributed by atoms with Crippen molar-refractivity contribution in [1.82, 2.24) is 5.32 Å². The van der Waals surface area contributed by atoms with Crippen LogP contribution in [0.2, 0.25) is 0 Å². The monoisotopic (exact) mass is 979 g/mol. The van der Waals surface area contributed by atoms with Gasteiger partial charge in [-0.15, -0.1) is 0 Å². The number of aliphatic hydroxyl groups excluding tert-OH is 1. The number of nitrogens with zero attached hydrogens (tertiary/aromatic N) is 1. The SMILES string of the molecule is CC/C=C\C/C=C\C/C=C\C/C=C\C/C=C\C/C=C\C/C=C\C/C=C\C/C=C\C/C=C\CCCCCCCCCCC(=O)NC(COP(=O)([O-])OCC[N+](C)(C)C)C(O)CCCCCCCCCC. The highest BCUT2D eigenvalue weighted by atomic mass is 31.2. The molecule has 0 rings (SSSR count). The first-order valence-electron chi connectivity index (χ1n) is 27.4. The number of allylic oxidation sites excluding steroid dienone is 20. The number of aliphatic hydroxyl groups is 1. The lowest BCUT2D eigenvalue weighted by Gasteiger charge is -2.30. The number of nitrogens with one attached hydrogen (secondary N) is 1. The van der Waals surface area contributed by atoms with E-state index in [4.69, 9.17) is 9.05 Å². The number of carbonyl (C=O) groups is 1. The van der Waals surface area contributed by atoms with E-state index in [1.807, 2.05) is 21.1 Å². The van der Waals surface area contributed by atoms with Crippen LogP contribution in [0.5, 0.6) is 0 Å². The Balaban J connectivity index is 4.03. The number of amides is 1. The summed E-state index contributed by atoms with van der Waals surface area (Å²) in [6, 6.07) is -0.810. The van der Waals surface area contributed by atoms with E-state index in [-0.39, 0.29) is 19.1 Å². The second-order valence-electron chi connectivity index (χ2n) is 19.2. The number of hydrogen-bond acceptors (Lipinski definition) is 6. The minimum absolute atomic E-state index is 0.00423. The quantitative estimate of drug-likeness (QED) is 0.0272. The van der Waals surface area contributed by atoms with Gasteiger partial charge in [0.05, 0.1) is 39.9 Å². The highest BCUT2D eigenvalue weighted by Gasteiger charge is 2.24. The van der Waals surface area contributed by atoms with Gasteiger partial charge < -0.3 is 28.8 Å². The van der Waals surface area contributed by atoms with Gasteiger partial charge >= 0.3 is 0 Å². The first-order valence-corrected chi connectivity index (χ1v) is 28.8. The Labute approximate surface area is 424 Å². The first-order chi connectivity index (χ1) is 33.5. The summed E-state index contributed by atoms with van der Waals surface area (Å²) in [5, 5.41) is 13.8. The number of hydrogen-bond donors (Lipinski definition) is 2. The Kier molecular flexibility index (Phi) is 47.6. The number of carbonyl (C=O) groups excluding carboxylic acids is 1. The van der Waals surface area contributed by atoms with Crippen molar-refractivity contribution in [3.63, 3.8) is 0 Å². The Morgan fingerprint density at radius 1 is 0.522 bits per heavy atom. The van der Waals surface area contributed by atoms with Crippen LogP contribution in [0.4, 0.5) is 0 Å². The summed E-state index contributed by atoms with van der Waals surface area (Å²) in [7, 11) is 1.28.